The minimum atomic E-state index is -3.22. The van der Waals surface area contributed by atoms with Crippen LogP contribution in [0.15, 0.2) is 24.3 Å². The summed E-state index contributed by atoms with van der Waals surface area (Å²) in [6.07, 6.45) is 3.36. The van der Waals surface area contributed by atoms with E-state index in [9.17, 15) is 13.2 Å². The first-order chi connectivity index (χ1) is 11.3. The third-order valence-electron chi connectivity index (χ3n) is 4.41. The largest absolute Gasteiger partial charge is 0.497 e. The number of carbonyl (C=O) groups is 1. The van der Waals surface area contributed by atoms with Crippen LogP contribution in [0.1, 0.15) is 25.3 Å². The number of amides is 1. The molecule has 1 amide bonds. The van der Waals surface area contributed by atoms with Crippen molar-refractivity contribution in [3.63, 3.8) is 0 Å². The van der Waals surface area contributed by atoms with Crippen molar-refractivity contribution in [2.75, 3.05) is 26.5 Å². The van der Waals surface area contributed by atoms with Gasteiger partial charge in [-0.2, -0.15) is 4.31 Å². The van der Waals surface area contributed by atoms with Crippen LogP contribution in [0.3, 0.4) is 0 Å². The molecule has 0 bridgehead atoms. The number of hydrogen-bond donors (Lipinski definition) is 1. The predicted molar refractivity (Wildman–Crippen MR) is 93.4 cm³/mol. The average Bonchev–Trinajstić information content (AvgIpc) is 2.91. The second kappa shape index (κ2) is 7.98. The summed E-state index contributed by atoms with van der Waals surface area (Å²) in [7, 11) is -1.62. The van der Waals surface area contributed by atoms with Gasteiger partial charge in [-0.25, -0.2) is 8.42 Å². The lowest BCUT2D eigenvalue weighted by Crippen LogP contribution is -2.41. The standard InChI is InChI=1S/C17H26N2O4S/c1-4-5-14-11-19(24(3,21)22)12-16(14)18-17(20)10-13-6-8-15(23-2)9-7-13/h6-9,14,16H,4-5,10-12H2,1-3H3,(H,18,20)/t14-,16-/m0/s1. The molecule has 1 aromatic carbocycles. The van der Waals surface area contributed by atoms with Crippen LogP contribution in [0.5, 0.6) is 5.75 Å². The molecule has 1 N–H and O–H groups in total. The van der Waals surface area contributed by atoms with Gasteiger partial charge < -0.3 is 10.1 Å². The molecule has 6 nitrogen and oxygen atoms in total. The first-order valence-electron chi connectivity index (χ1n) is 8.21. The minimum absolute atomic E-state index is 0.0818. The molecular formula is C17H26N2O4S. The molecule has 0 radical (unpaired) electrons. The molecule has 0 unspecified atom stereocenters. The molecule has 1 aliphatic heterocycles. The van der Waals surface area contributed by atoms with Crippen LogP contribution in [0.4, 0.5) is 0 Å². The highest BCUT2D eigenvalue weighted by molar-refractivity contribution is 7.88. The molecule has 2 atom stereocenters. The van der Waals surface area contributed by atoms with E-state index in [1.807, 2.05) is 24.3 Å². The smallest absolute Gasteiger partial charge is 0.224 e. The third-order valence-corrected chi connectivity index (χ3v) is 5.64. The van der Waals surface area contributed by atoms with Gasteiger partial charge in [0.05, 0.1) is 19.8 Å². The lowest BCUT2D eigenvalue weighted by Gasteiger charge is -2.19. The number of hydrogen-bond acceptors (Lipinski definition) is 4. The first kappa shape index (κ1) is 18.7. The van der Waals surface area contributed by atoms with Gasteiger partial charge in [0.15, 0.2) is 0 Å². The maximum absolute atomic E-state index is 12.3. The van der Waals surface area contributed by atoms with Crippen LogP contribution in [0.25, 0.3) is 0 Å². The van der Waals surface area contributed by atoms with Gasteiger partial charge in [0.25, 0.3) is 0 Å². The Balaban J connectivity index is 1.97. The second-order valence-corrected chi connectivity index (χ2v) is 8.31. The van der Waals surface area contributed by atoms with Gasteiger partial charge in [-0.05, 0) is 30.0 Å². The monoisotopic (exact) mass is 354 g/mol. The van der Waals surface area contributed by atoms with Crippen molar-refractivity contribution in [3.8, 4) is 5.75 Å². The molecule has 2 rings (SSSR count). The number of nitrogens with one attached hydrogen (secondary N) is 1. The Morgan fingerprint density at radius 3 is 2.50 bits per heavy atom. The Labute approximate surface area is 144 Å². The molecule has 7 heteroatoms. The van der Waals surface area contributed by atoms with Crippen LogP contribution in [-0.4, -0.2) is 51.1 Å². The molecule has 24 heavy (non-hydrogen) atoms. The maximum Gasteiger partial charge on any atom is 0.224 e. The van der Waals surface area contributed by atoms with E-state index in [2.05, 4.69) is 12.2 Å². The van der Waals surface area contributed by atoms with Gasteiger partial charge in [0.1, 0.15) is 5.75 Å². The zero-order valence-corrected chi connectivity index (χ0v) is 15.3. The van der Waals surface area contributed by atoms with Crippen molar-refractivity contribution in [2.24, 2.45) is 5.92 Å². The summed E-state index contributed by atoms with van der Waals surface area (Å²) in [6.45, 7) is 2.91. The topological polar surface area (TPSA) is 75.7 Å². The number of carbonyl (C=O) groups excluding carboxylic acids is 1. The number of sulfonamides is 1. The van der Waals surface area contributed by atoms with E-state index in [1.54, 1.807) is 7.11 Å². The summed E-state index contributed by atoms with van der Waals surface area (Å²) in [5.74, 6) is 0.841. The normalized spacial score (nSPS) is 21.6. The minimum Gasteiger partial charge on any atom is -0.497 e. The summed E-state index contributed by atoms with van der Waals surface area (Å²) in [5, 5.41) is 3.02. The van der Waals surface area contributed by atoms with E-state index in [0.717, 1.165) is 24.2 Å². The maximum atomic E-state index is 12.3. The molecule has 134 valence electrons. The molecule has 0 aromatic heterocycles. The average molecular weight is 354 g/mol. The second-order valence-electron chi connectivity index (χ2n) is 6.33. The molecule has 1 fully saturated rings. The van der Waals surface area contributed by atoms with E-state index in [0.29, 0.717) is 13.1 Å². The number of ether oxygens (including phenoxy) is 1. The highest BCUT2D eigenvalue weighted by Crippen LogP contribution is 2.24. The third kappa shape index (κ3) is 4.95. The number of rotatable bonds is 7. The SMILES string of the molecule is CCC[C@H]1CN(S(C)(=O)=O)C[C@@H]1NC(=O)Cc1ccc(OC)cc1. The molecule has 0 spiro atoms. The quantitative estimate of drug-likeness (QED) is 0.803. The first-order valence-corrected chi connectivity index (χ1v) is 10.1. The highest BCUT2D eigenvalue weighted by atomic mass is 32.2. The van der Waals surface area contributed by atoms with E-state index in [4.69, 9.17) is 4.74 Å². The zero-order chi connectivity index (χ0) is 17.7. The van der Waals surface area contributed by atoms with Crippen molar-refractivity contribution in [2.45, 2.75) is 32.2 Å². The predicted octanol–water partition coefficient (Wildman–Crippen LogP) is 1.41. The summed E-state index contributed by atoms with van der Waals surface area (Å²) in [4.78, 5) is 12.3. The lowest BCUT2D eigenvalue weighted by atomic mass is 9.98. The van der Waals surface area contributed by atoms with E-state index >= 15 is 0 Å². The van der Waals surface area contributed by atoms with Crippen LogP contribution >= 0.6 is 0 Å². The van der Waals surface area contributed by atoms with Gasteiger partial charge in [0.2, 0.25) is 15.9 Å². The van der Waals surface area contributed by atoms with E-state index in [1.165, 1.54) is 10.6 Å². The molecule has 1 heterocycles. The summed E-state index contributed by atoms with van der Waals surface area (Å²) < 4.78 is 30.1. The van der Waals surface area contributed by atoms with Gasteiger partial charge >= 0.3 is 0 Å². The Bertz CT molecular complexity index is 658. The van der Waals surface area contributed by atoms with Gasteiger partial charge in [-0.1, -0.05) is 25.5 Å². The fraction of sp³-hybridized carbons (Fsp3) is 0.588. The molecule has 1 aliphatic rings. The van der Waals surface area contributed by atoms with Crippen LogP contribution in [0, 0.1) is 5.92 Å². The molecule has 1 aromatic rings. The number of methoxy groups -OCH3 is 1. The van der Waals surface area contributed by atoms with Gasteiger partial charge in [0, 0.05) is 19.1 Å². The van der Waals surface area contributed by atoms with Crippen molar-refractivity contribution < 1.29 is 17.9 Å². The molecule has 1 saturated heterocycles. The fourth-order valence-electron chi connectivity index (χ4n) is 3.12. The Morgan fingerprint density at radius 2 is 1.96 bits per heavy atom. The van der Waals surface area contributed by atoms with E-state index < -0.39 is 10.0 Å². The van der Waals surface area contributed by atoms with Crippen molar-refractivity contribution in [1.82, 2.24) is 9.62 Å². The van der Waals surface area contributed by atoms with E-state index in [-0.39, 0.29) is 24.3 Å². The van der Waals surface area contributed by atoms with Crippen molar-refractivity contribution in [3.05, 3.63) is 29.8 Å². The van der Waals surface area contributed by atoms with Crippen LogP contribution < -0.4 is 10.1 Å². The number of nitrogens with zero attached hydrogens (tertiary/aromatic N) is 1. The fourth-order valence-corrected chi connectivity index (χ4v) is 4.01. The lowest BCUT2D eigenvalue weighted by molar-refractivity contribution is -0.121. The van der Waals surface area contributed by atoms with Gasteiger partial charge in [-0.3, -0.25) is 4.79 Å². The van der Waals surface area contributed by atoms with Crippen molar-refractivity contribution >= 4 is 15.9 Å². The Kier molecular flexibility index (Phi) is 6.23. The van der Waals surface area contributed by atoms with Crippen LogP contribution in [0.2, 0.25) is 0 Å². The molecular weight excluding hydrogens is 328 g/mol. The number of benzene rings is 1. The Morgan fingerprint density at radius 1 is 1.29 bits per heavy atom. The summed E-state index contributed by atoms with van der Waals surface area (Å²) in [6, 6.07) is 7.25. The van der Waals surface area contributed by atoms with Crippen LogP contribution in [-0.2, 0) is 21.2 Å². The zero-order valence-electron chi connectivity index (χ0n) is 14.5. The van der Waals surface area contributed by atoms with Crippen molar-refractivity contribution in [1.29, 1.82) is 0 Å². The highest BCUT2D eigenvalue weighted by Gasteiger charge is 2.37. The van der Waals surface area contributed by atoms with Gasteiger partial charge in [-0.15, -0.1) is 0 Å². The summed E-state index contributed by atoms with van der Waals surface area (Å²) in [5.41, 5.74) is 0.901. The summed E-state index contributed by atoms with van der Waals surface area (Å²) >= 11 is 0. The molecule has 0 saturated carbocycles. The Hall–Kier alpha value is -1.60. The molecule has 0 aliphatic carbocycles.